The van der Waals surface area contributed by atoms with Crippen molar-refractivity contribution in [3.63, 3.8) is 0 Å². The van der Waals surface area contributed by atoms with Crippen LogP contribution in [0.3, 0.4) is 0 Å². The third-order valence-corrected chi connectivity index (χ3v) is 3.84. The van der Waals surface area contributed by atoms with E-state index in [1.54, 1.807) is 19.2 Å². The molecule has 0 saturated heterocycles. The van der Waals surface area contributed by atoms with Gasteiger partial charge in [0.05, 0.1) is 23.8 Å². The first-order chi connectivity index (χ1) is 9.67. The molecule has 0 spiro atoms. The number of hydrogen-bond acceptors (Lipinski definition) is 4. The minimum atomic E-state index is -0.107. The number of hydrogen-bond donors (Lipinski definition) is 1. The van der Waals surface area contributed by atoms with Gasteiger partial charge >= 0.3 is 0 Å². The van der Waals surface area contributed by atoms with Gasteiger partial charge in [-0.25, -0.2) is 0 Å². The number of Topliss-reactive ketones (excluding diaryl/α,β-unsaturated/α-hetero) is 1. The van der Waals surface area contributed by atoms with Gasteiger partial charge in [-0.3, -0.25) is 4.79 Å². The smallest absolute Gasteiger partial charge is 0.173 e. The van der Waals surface area contributed by atoms with Crippen molar-refractivity contribution in [3.8, 4) is 11.5 Å². The van der Waals surface area contributed by atoms with Crippen LogP contribution in [0.1, 0.15) is 42.5 Å². The van der Waals surface area contributed by atoms with Crippen LogP contribution in [0, 0.1) is 0 Å². The third-order valence-electron chi connectivity index (χ3n) is 3.53. The summed E-state index contributed by atoms with van der Waals surface area (Å²) in [5.74, 6) is 0.899. The lowest BCUT2D eigenvalue weighted by molar-refractivity contribution is 0.0977. The van der Waals surface area contributed by atoms with Crippen molar-refractivity contribution in [1.29, 1.82) is 0 Å². The molecule has 1 aliphatic rings. The largest absolute Gasteiger partial charge is 0.493 e. The zero-order valence-corrected chi connectivity index (χ0v) is 12.4. The first-order valence-corrected chi connectivity index (χ1v) is 7.31. The molecule has 0 unspecified atom stereocenters. The Balaban J connectivity index is 2.37. The molecule has 0 aromatic heterocycles. The van der Waals surface area contributed by atoms with Crippen molar-refractivity contribution in [2.45, 2.75) is 38.2 Å². The van der Waals surface area contributed by atoms with E-state index in [0.29, 0.717) is 22.1 Å². The topological polar surface area (TPSA) is 61.5 Å². The van der Waals surface area contributed by atoms with Gasteiger partial charge in [-0.1, -0.05) is 11.6 Å². The third kappa shape index (κ3) is 3.25. The molecule has 1 aromatic carbocycles. The minimum absolute atomic E-state index is 0.107. The second-order valence-electron chi connectivity index (χ2n) is 4.94. The Morgan fingerprint density at radius 1 is 1.40 bits per heavy atom. The summed E-state index contributed by atoms with van der Waals surface area (Å²) in [7, 11) is 1.56. The van der Waals surface area contributed by atoms with Crippen LogP contribution < -0.4 is 15.2 Å². The van der Waals surface area contributed by atoms with Crippen LogP contribution in [0.2, 0.25) is 5.02 Å². The molecule has 0 radical (unpaired) electrons. The molecule has 5 heteroatoms. The molecule has 0 heterocycles. The van der Waals surface area contributed by atoms with E-state index in [1.807, 2.05) is 0 Å². The quantitative estimate of drug-likeness (QED) is 0.819. The summed E-state index contributed by atoms with van der Waals surface area (Å²) < 4.78 is 11.3. The molecule has 1 aromatic rings. The standard InChI is InChI=1S/C15H20ClNO3/c1-19-13-7-6-11(16)14(12(18)8-9-17)15(13)20-10-4-2-3-5-10/h6-7,10H,2-5,8-9,17H2,1H3. The minimum Gasteiger partial charge on any atom is -0.493 e. The van der Waals surface area contributed by atoms with E-state index in [2.05, 4.69) is 0 Å². The predicted molar refractivity (Wildman–Crippen MR) is 78.9 cm³/mol. The predicted octanol–water partition coefficient (Wildman–Crippen LogP) is 3.20. The van der Waals surface area contributed by atoms with E-state index in [1.165, 1.54) is 0 Å². The number of benzene rings is 1. The summed E-state index contributed by atoms with van der Waals surface area (Å²) in [6.07, 6.45) is 4.68. The summed E-state index contributed by atoms with van der Waals surface area (Å²) in [5.41, 5.74) is 5.86. The highest BCUT2D eigenvalue weighted by atomic mass is 35.5. The number of nitrogens with two attached hydrogens (primary N) is 1. The molecule has 1 fully saturated rings. The molecule has 1 saturated carbocycles. The molecule has 0 bridgehead atoms. The molecule has 2 N–H and O–H groups in total. The van der Waals surface area contributed by atoms with Crippen molar-refractivity contribution >= 4 is 17.4 Å². The van der Waals surface area contributed by atoms with Crippen molar-refractivity contribution in [2.24, 2.45) is 5.73 Å². The number of methoxy groups -OCH3 is 1. The monoisotopic (exact) mass is 297 g/mol. The second-order valence-corrected chi connectivity index (χ2v) is 5.35. The summed E-state index contributed by atoms with van der Waals surface area (Å²) >= 11 is 6.18. The Hall–Kier alpha value is -1.26. The number of ether oxygens (including phenoxy) is 2. The highest BCUT2D eigenvalue weighted by Gasteiger charge is 2.25. The number of halogens is 1. The van der Waals surface area contributed by atoms with Crippen LogP contribution in [0.4, 0.5) is 0 Å². The molecule has 110 valence electrons. The van der Waals surface area contributed by atoms with Gasteiger partial charge in [0.1, 0.15) is 0 Å². The molecular weight excluding hydrogens is 278 g/mol. The molecule has 20 heavy (non-hydrogen) atoms. The maximum absolute atomic E-state index is 12.2. The highest BCUT2D eigenvalue weighted by molar-refractivity contribution is 6.34. The van der Waals surface area contributed by atoms with E-state index in [9.17, 15) is 4.79 Å². The fourth-order valence-electron chi connectivity index (χ4n) is 2.51. The zero-order chi connectivity index (χ0) is 14.5. The maximum Gasteiger partial charge on any atom is 0.173 e. The van der Waals surface area contributed by atoms with Gasteiger partial charge in [0, 0.05) is 6.42 Å². The molecule has 4 nitrogen and oxygen atoms in total. The summed E-state index contributed by atoms with van der Waals surface area (Å²) in [6.45, 7) is 0.287. The SMILES string of the molecule is COc1ccc(Cl)c(C(=O)CCN)c1OC1CCCC1. The van der Waals surface area contributed by atoms with Gasteiger partial charge in [0.25, 0.3) is 0 Å². The first kappa shape index (κ1) is 15.1. The molecule has 0 amide bonds. The van der Waals surface area contributed by atoms with E-state index >= 15 is 0 Å². The van der Waals surface area contributed by atoms with Gasteiger partial charge in [-0.05, 0) is 44.4 Å². The number of carbonyl (C=O) groups is 1. The Morgan fingerprint density at radius 2 is 2.10 bits per heavy atom. The Bertz CT molecular complexity index is 484. The van der Waals surface area contributed by atoms with Crippen LogP contribution in [0.25, 0.3) is 0 Å². The van der Waals surface area contributed by atoms with Crippen molar-refractivity contribution in [2.75, 3.05) is 13.7 Å². The molecule has 1 aliphatic carbocycles. The van der Waals surface area contributed by atoms with Crippen LogP contribution in [-0.2, 0) is 0 Å². The lowest BCUT2D eigenvalue weighted by atomic mass is 10.1. The normalized spacial score (nSPS) is 15.3. The van der Waals surface area contributed by atoms with Gasteiger partial charge in [-0.15, -0.1) is 0 Å². The van der Waals surface area contributed by atoms with E-state index in [-0.39, 0.29) is 24.9 Å². The summed E-state index contributed by atoms with van der Waals surface area (Å²) in [4.78, 5) is 12.2. The fourth-order valence-corrected chi connectivity index (χ4v) is 2.76. The Kier molecular flexibility index (Phi) is 5.26. The Morgan fingerprint density at radius 3 is 2.70 bits per heavy atom. The van der Waals surface area contributed by atoms with Crippen LogP contribution in [0.15, 0.2) is 12.1 Å². The highest BCUT2D eigenvalue weighted by Crippen LogP contribution is 2.39. The lowest BCUT2D eigenvalue weighted by Crippen LogP contribution is -2.16. The number of rotatable bonds is 6. The van der Waals surface area contributed by atoms with Crippen molar-refractivity contribution in [3.05, 3.63) is 22.7 Å². The van der Waals surface area contributed by atoms with Crippen LogP contribution >= 0.6 is 11.6 Å². The van der Waals surface area contributed by atoms with Gasteiger partial charge in [-0.2, -0.15) is 0 Å². The van der Waals surface area contributed by atoms with E-state index in [0.717, 1.165) is 25.7 Å². The number of carbonyl (C=O) groups excluding carboxylic acids is 1. The maximum atomic E-state index is 12.2. The summed E-state index contributed by atoms with van der Waals surface area (Å²) in [5, 5.41) is 0.386. The molecule has 2 rings (SSSR count). The molecule has 0 aliphatic heterocycles. The molecule has 0 atom stereocenters. The molecular formula is C15H20ClNO3. The van der Waals surface area contributed by atoms with Gasteiger partial charge in [0.15, 0.2) is 17.3 Å². The summed E-state index contributed by atoms with van der Waals surface area (Å²) in [6, 6.07) is 3.39. The second kappa shape index (κ2) is 6.95. The Labute approximate surface area is 124 Å². The average molecular weight is 298 g/mol. The van der Waals surface area contributed by atoms with Crippen molar-refractivity contribution < 1.29 is 14.3 Å². The number of ketones is 1. The lowest BCUT2D eigenvalue weighted by Gasteiger charge is -2.19. The fraction of sp³-hybridized carbons (Fsp3) is 0.533. The van der Waals surface area contributed by atoms with Gasteiger partial charge < -0.3 is 15.2 Å². The van der Waals surface area contributed by atoms with E-state index < -0.39 is 0 Å². The average Bonchev–Trinajstić information content (AvgIpc) is 2.92. The van der Waals surface area contributed by atoms with Crippen molar-refractivity contribution in [1.82, 2.24) is 0 Å². The first-order valence-electron chi connectivity index (χ1n) is 6.93. The zero-order valence-electron chi connectivity index (χ0n) is 11.7. The van der Waals surface area contributed by atoms with Gasteiger partial charge in [0.2, 0.25) is 0 Å². The van der Waals surface area contributed by atoms with Crippen LogP contribution in [0.5, 0.6) is 11.5 Å². The van der Waals surface area contributed by atoms with E-state index in [4.69, 9.17) is 26.8 Å². The van der Waals surface area contributed by atoms with Crippen LogP contribution in [-0.4, -0.2) is 25.5 Å².